The van der Waals surface area contributed by atoms with Gasteiger partial charge in [-0.2, -0.15) is 13.2 Å². The number of hydrogen-bond acceptors (Lipinski definition) is 2. The van der Waals surface area contributed by atoms with Crippen molar-refractivity contribution in [2.45, 2.75) is 25.6 Å². The van der Waals surface area contributed by atoms with Crippen molar-refractivity contribution in [3.63, 3.8) is 0 Å². The van der Waals surface area contributed by atoms with Crippen LogP contribution in [0.25, 0.3) is 0 Å². The second-order valence-electron chi connectivity index (χ2n) is 3.82. The van der Waals surface area contributed by atoms with E-state index in [9.17, 15) is 13.2 Å². The van der Waals surface area contributed by atoms with Crippen molar-refractivity contribution in [2.75, 3.05) is 0 Å². The molecule has 2 N–H and O–H groups in total. The topological polar surface area (TPSA) is 35.2 Å². The van der Waals surface area contributed by atoms with E-state index in [0.717, 1.165) is 6.07 Å². The summed E-state index contributed by atoms with van der Waals surface area (Å²) in [4.78, 5) is 4.62. The summed E-state index contributed by atoms with van der Waals surface area (Å²) in [7, 11) is 0. The van der Waals surface area contributed by atoms with E-state index in [1.807, 2.05) is 0 Å². The molecular weight excluding hydrogens is 243 g/mol. The van der Waals surface area contributed by atoms with E-state index in [1.165, 1.54) is 12.1 Å². The quantitative estimate of drug-likeness (QED) is 0.819. The molecule has 0 bridgehead atoms. The predicted molar refractivity (Wildman–Crippen MR) is 54.8 cm³/mol. The molecule has 0 radical (unpaired) electrons. The van der Waals surface area contributed by atoms with Crippen LogP contribution in [0.4, 0.5) is 13.2 Å². The van der Waals surface area contributed by atoms with Crippen molar-refractivity contribution in [2.24, 2.45) is 5.90 Å². The van der Waals surface area contributed by atoms with Crippen molar-refractivity contribution >= 4 is 11.6 Å². The SMILES string of the molecule is CC(C)(ON)c1ccc(Cl)c(C(F)(F)F)c1. The van der Waals surface area contributed by atoms with Gasteiger partial charge in [0.1, 0.15) is 5.60 Å². The Kier molecular flexibility index (Phi) is 3.52. The predicted octanol–water partition coefficient (Wildman–Crippen LogP) is 3.48. The van der Waals surface area contributed by atoms with Gasteiger partial charge in [0.15, 0.2) is 0 Å². The number of halogens is 4. The molecule has 0 aliphatic carbocycles. The summed E-state index contributed by atoms with van der Waals surface area (Å²) >= 11 is 5.48. The minimum absolute atomic E-state index is 0.312. The summed E-state index contributed by atoms with van der Waals surface area (Å²) < 4.78 is 37.7. The molecule has 0 aromatic heterocycles. The normalized spacial score (nSPS) is 12.9. The second-order valence-corrected chi connectivity index (χ2v) is 4.23. The van der Waals surface area contributed by atoms with Crippen LogP contribution in [0, 0.1) is 0 Å². The second kappa shape index (κ2) is 4.24. The molecule has 0 saturated carbocycles. The first-order valence-electron chi connectivity index (χ1n) is 4.43. The zero-order valence-electron chi connectivity index (χ0n) is 8.73. The Hall–Kier alpha value is -0.780. The van der Waals surface area contributed by atoms with E-state index in [2.05, 4.69) is 4.84 Å². The number of nitrogens with two attached hydrogens (primary N) is 1. The third-order valence-electron chi connectivity index (χ3n) is 2.26. The van der Waals surface area contributed by atoms with Crippen LogP contribution >= 0.6 is 11.6 Å². The van der Waals surface area contributed by atoms with Gasteiger partial charge in [-0.3, -0.25) is 4.84 Å². The molecule has 0 saturated heterocycles. The highest BCUT2D eigenvalue weighted by atomic mass is 35.5. The average molecular weight is 254 g/mol. The monoisotopic (exact) mass is 253 g/mol. The fourth-order valence-electron chi connectivity index (χ4n) is 1.19. The van der Waals surface area contributed by atoms with Gasteiger partial charge < -0.3 is 0 Å². The first-order valence-corrected chi connectivity index (χ1v) is 4.81. The largest absolute Gasteiger partial charge is 0.417 e. The molecule has 6 heteroatoms. The van der Waals surface area contributed by atoms with Crippen molar-refractivity contribution in [3.8, 4) is 0 Å². The molecule has 0 unspecified atom stereocenters. The zero-order valence-corrected chi connectivity index (χ0v) is 9.49. The molecule has 0 aliphatic rings. The maximum Gasteiger partial charge on any atom is 0.417 e. The minimum atomic E-state index is -4.49. The van der Waals surface area contributed by atoms with Crippen molar-refractivity contribution < 1.29 is 18.0 Å². The smallest absolute Gasteiger partial charge is 0.294 e. The third kappa shape index (κ3) is 2.66. The van der Waals surface area contributed by atoms with E-state index < -0.39 is 17.3 Å². The van der Waals surface area contributed by atoms with Gasteiger partial charge in [0.05, 0.1) is 10.6 Å². The first kappa shape index (κ1) is 13.3. The fourth-order valence-corrected chi connectivity index (χ4v) is 1.41. The highest BCUT2D eigenvalue weighted by molar-refractivity contribution is 6.31. The third-order valence-corrected chi connectivity index (χ3v) is 2.59. The standard InChI is InChI=1S/C10H11ClF3NO/c1-9(2,16-15)6-3-4-8(11)7(5-6)10(12,13)14/h3-5H,15H2,1-2H3. The van der Waals surface area contributed by atoms with E-state index in [1.54, 1.807) is 13.8 Å². The lowest BCUT2D eigenvalue weighted by Crippen LogP contribution is -2.25. The van der Waals surface area contributed by atoms with Gasteiger partial charge in [-0.15, -0.1) is 0 Å². The fraction of sp³-hybridized carbons (Fsp3) is 0.400. The summed E-state index contributed by atoms with van der Waals surface area (Å²) in [6.07, 6.45) is -4.49. The molecular formula is C10H11ClF3NO. The number of alkyl halides is 3. The molecule has 1 aromatic rings. The van der Waals surface area contributed by atoms with E-state index in [4.69, 9.17) is 17.5 Å². The molecule has 0 aliphatic heterocycles. The van der Waals surface area contributed by atoms with Crippen LogP contribution in [0.2, 0.25) is 5.02 Å². The van der Waals surface area contributed by atoms with E-state index in [-0.39, 0.29) is 5.02 Å². The lowest BCUT2D eigenvalue weighted by molar-refractivity contribution is -0.137. The summed E-state index contributed by atoms with van der Waals surface area (Å²) in [5, 5.41) is -0.343. The maximum atomic E-state index is 12.6. The number of rotatable bonds is 2. The summed E-state index contributed by atoms with van der Waals surface area (Å²) in [6.45, 7) is 3.13. The molecule has 0 heterocycles. The molecule has 0 fully saturated rings. The van der Waals surface area contributed by atoms with Gasteiger partial charge >= 0.3 is 6.18 Å². The lowest BCUT2D eigenvalue weighted by Gasteiger charge is -2.23. The number of hydrogen-bond donors (Lipinski definition) is 1. The molecule has 0 amide bonds. The Morgan fingerprint density at radius 1 is 1.25 bits per heavy atom. The Labute approximate surface area is 96.1 Å². The van der Waals surface area contributed by atoms with Crippen LogP contribution < -0.4 is 5.90 Å². The Bertz CT molecular complexity index is 390. The minimum Gasteiger partial charge on any atom is -0.294 e. The van der Waals surface area contributed by atoms with Crippen LogP contribution in [0.15, 0.2) is 18.2 Å². The first-order chi connectivity index (χ1) is 7.18. The highest BCUT2D eigenvalue weighted by Crippen LogP contribution is 2.37. The lowest BCUT2D eigenvalue weighted by atomic mass is 9.96. The van der Waals surface area contributed by atoms with Crippen LogP contribution in [-0.2, 0) is 16.6 Å². The Morgan fingerprint density at radius 2 is 1.81 bits per heavy atom. The van der Waals surface area contributed by atoms with Gasteiger partial charge in [-0.1, -0.05) is 17.7 Å². The van der Waals surface area contributed by atoms with Gasteiger partial charge in [0, 0.05) is 0 Å². The highest BCUT2D eigenvalue weighted by Gasteiger charge is 2.35. The van der Waals surface area contributed by atoms with Crippen molar-refractivity contribution in [3.05, 3.63) is 34.3 Å². The Balaban J connectivity index is 3.29. The van der Waals surface area contributed by atoms with Crippen LogP contribution in [0.5, 0.6) is 0 Å². The molecule has 16 heavy (non-hydrogen) atoms. The van der Waals surface area contributed by atoms with Gasteiger partial charge in [0.25, 0.3) is 0 Å². The summed E-state index contributed by atoms with van der Waals surface area (Å²) in [5.74, 6) is 5.02. The van der Waals surface area contributed by atoms with Gasteiger partial charge in [-0.25, -0.2) is 5.90 Å². The van der Waals surface area contributed by atoms with Crippen LogP contribution in [0.1, 0.15) is 25.0 Å². The zero-order chi connectivity index (χ0) is 12.6. The van der Waals surface area contributed by atoms with Crippen LogP contribution in [-0.4, -0.2) is 0 Å². The van der Waals surface area contributed by atoms with E-state index >= 15 is 0 Å². The van der Waals surface area contributed by atoms with Gasteiger partial charge in [-0.05, 0) is 31.5 Å². The molecule has 0 spiro atoms. The number of benzene rings is 1. The average Bonchev–Trinajstić information content (AvgIpc) is 2.16. The maximum absolute atomic E-state index is 12.6. The molecule has 0 atom stereocenters. The summed E-state index contributed by atoms with van der Waals surface area (Å²) in [6, 6.07) is 3.57. The molecule has 1 rings (SSSR count). The molecule has 2 nitrogen and oxygen atoms in total. The Morgan fingerprint density at radius 3 is 2.25 bits per heavy atom. The van der Waals surface area contributed by atoms with Gasteiger partial charge in [0.2, 0.25) is 0 Å². The molecule has 1 aromatic carbocycles. The van der Waals surface area contributed by atoms with Crippen LogP contribution in [0.3, 0.4) is 0 Å². The van der Waals surface area contributed by atoms with Crippen molar-refractivity contribution in [1.82, 2.24) is 0 Å². The van der Waals surface area contributed by atoms with Crippen molar-refractivity contribution in [1.29, 1.82) is 0 Å². The van der Waals surface area contributed by atoms with E-state index in [0.29, 0.717) is 5.56 Å². The summed E-state index contributed by atoms with van der Waals surface area (Å²) in [5.41, 5.74) is -1.58. The molecule has 90 valence electrons.